The monoisotopic (exact) mass is 253 g/mol. The highest BCUT2D eigenvalue weighted by molar-refractivity contribution is 5.93. The van der Waals surface area contributed by atoms with Crippen LogP contribution in [0.1, 0.15) is 30.8 Å². The Morgan fingerprint density at radius 2 is 2.33 bits per heavy atom. The van der Waals surface area contributed by atoms with E-state index in [1.54, 1.807) is 24.2 Å². The summed E-state index contributed by atoms with van der Waals surface area (Å²) in [6.07, 6.45) is 1.91. The third kappa shape index (κ3) is 3.22. The van der Waals surface area contributed by atoms with Gasteiger partial charge in [-0.15, -0.1) is 0 Å². The first-order chi connectivity index (χ1) is 8.47. The van der Waals surface area contributed by atoms with Crippen molar-refractivity contribution < 1.29 is 10.0 Å². The lowest BCUT2D eigenvalue weighted by Gasteiger charge is -2.26. The van der Waals surface area contributed by atoms with Gasteiger partial charge in [0.2, 0.25) is 0 Å². The second-order valence-corrected chi connectivity index (χ2v) is 4.27. The van der Waals surface area contributed by atoms with E-state index < -0.39 is 0 Å². The summed E-state index contributed by atoms with van der Waals surface area (Å²) >= 11 is 0. The smallest absolute Gasteiger partial charge is 0.272 e. The van der Waals surface area contributed by atoms with E-state index in [2.05, 4.69) is 10.3 Å². The van der Waals surface area contributed by atoms with Crippen LogP contribution in [0, 0.1) is 0 Å². The molecule has 0 bridgehead atoms. The molecule has 0 fully saturated rings. The fraction of sp³-hybridized carbons (Fsp3) is 0.545. The minimum atomic E-state index is -0.115. The van der Waals surface area contributed by atoms with E-state index in [1.165, 1.54) is 4.68 Å². The summed E-state index contributed by atoms with van der Waals surface area (Å²) in [6, 6.07) is 1.69. The Labute approximate surface area is 106 Å². The zero-order valence-corrected chi connectivity index (χ0v) is 10.9. The van der Waals surface area contributed by atoms with Crippen molar-refractivity contribution in [3.63, 3.8) is 0 Å². The molecule has 0 radical (unpaired) electrons. The van der Waals surface area contributed by atoms with Gasteiger partial charge in [0.1, 0.15) is 11.5 Å². The molecular formula is C11H19N5O2. The minimum Gasteiger partial charge on any atom is -0.409 e. The fourth-order valence-electron chi connectivity index (χ4n) is 1.61. The Bertz CT molecular complexity index is 438. The summed E-state index contributed by atoms with van der Waals surface area (Å²) in [6.45, 7) is 4.23. The maximum Gasteiger partial charge on any atom is 0.272 e. The second-order valence-electron chi connectivity index (χ2n) is 4.27. The van der Waals surface area contributed by atoms with Gasteiger partial charge < -0.3 is 15.8 Å². The quantitative estimate of drug-likeness (QED) is 0.344. The Morgan fingerprint density at radius 3 is 2.78 bits per heavy atom. The number of oxime groups is 1. The summed E-state index contributed by atoms with van der Waals surface area (Å²) in [5, 5.41) is 15.4. The van der Waals surface area contributed by atoms with E-state index in [9.17, 15) is 4.79 Å². The summed E-state index contributed by atoms with van der Waals surface area (Å²) < 4.78 is 1.53. The summed E-state index contributed by atoms with van der Waals surface area (Å²) in [5.74, 6) is -0.00537. The molecule has 1 aromatic rings. The number of amidine groups is 1. The van der Waals surface area contributed by atoms with Crippen LogP contribution in [0.15, 0.2) is 17.4 Å². The van der Waals surface area contributed by atoms with Crippen molar-refractivity contribution in [1.29, 1.82) is 0 Å². The Hall–Kier alpha value is -2.05. The first kappa shape index (κ1) is 14.0. The standard InChI is InChI=1S/C11H19N5O2/c1-8(2)16(7-5-10(12)14-18)11(17)9-4-6-13-15(9)3/h4,6,8,18H,5,7H2,1-3H3,(H2,12,14). The fourth-order valence-corrected chi connectivity index (χ4v) is 1.61. The molecule has 3 N–H and O–H groups in total. The molecule has 1 amide bonds. The van der Waals surface area contributed by atoms with Gasteiger partial charge in [-0.05, 0) is 19.9 Å². The lowest BCUT2D eigenvalue weighted by molar-refractivity contribution is 0.0699. The number of carbonyl (C=O) groups excluding carboxylic acids is 1. The summed E-state index contributed by atoms with van der Waals surface area (Å²) in [4.78, 5) is 14.0. The molecule has 1 rings (SSSR count). The van der Waals surface area contributed by atoms with Crippen LogP contribution < -0.4 is 5.73 Å². The van der Waals surface area contributed by atoms with Crippen molar-refractivity contribution in [3.05, 3.63) is 18.0 Å². The van der Waals surface area contributed by atoms with Crippen LogP contribution in [0.5, 0.6) is 0 Å². The van der Waals surface area contributed by atoms with Crippen LogP contribution >= 0.6 is 0 Å². The molecule has 1 aromatic heterocycles. The van der Waals surface area contributed by atoms with E-state index in [0.717, 1.165) is 0 Å². The highest BCUT2D eigenvalue weighted by Gasteiger charge is 2.21. The molecule has 0 unspecified atom stereocenters. The molecule has 7 heteroatoms. The molecule has 0 aromatic carbocycles. The van der Waals surface area contributed by atoms with Crippen molar-refractivity contribution in [2.45, 2.75) is 26.3 Å². The molecule has 0 aliphatic heterocycles. The van der Waals surface area contributed by atoms with Crippen molar-refractivity contribution in [2.24, 2.45) is 17.9 Å². The lowest BCUT2D eigenvalue weighted by Crippen LogP contribution is -2.40. The molecule has 0 saturated heterocycles. The predicted octanol–water partition coefficient (Wildman–Crippen LogP) is 0.407. The molecular weight excluding hydrogens is 234 g/mol. The number of nitrogens with two attached hydrogens (primary N) is 1. The number of hydrogen-bond acceptors (Lipinski definition) is 4. The zero-order valence-electron chi connectivity index (χ0n) is 10.9. The highest BCUT2D eigenvalue weighted by Crippen LogP contribution is 2.08. The van der Waals surface area contributed by atoms with Crippen molar-refractivity contribution in [3.8, 4) is 0 Å². The molecule has 18 heavy (non-hydrogen) atoms. The van der Waals surface area contributed by atoms with Gasteiger partial charge in [-0.25, -0.2) is 0 Å². The molecule has 0 aliphatic carbocycles. The molecule has 0 atom stereocenters. The average Bonchev–Trinajstić information content (AvgIpc) is 2.74. The van der Waals surface area contributed by atoms with Crippen LogP contribution in [0.25, 0.3) is 0 Å². The van der Waals surface area contributed by atoms with Gasteiger partial charge in [-0.1, -0.05) is 5.16 Å². The second kappa shape index (κ2) is 6.04. The van der Waals surface area contributed by atoms with Crippen LogP contribution in [0.4, 0.5) is 0 Å². The number of aromatic nitrogens is 2. The molecule has 100 valence electrons. The van der Waals surface area contributed by atoms with Gasteiger partial charge in [0.25, 0.3) is 5.91 Å². The first-order valence-electron chi connectivity index (χ1n) is 5.72. The predicted molar refractivity (Wildman–Crippen MR) is 67.4 cm³/mol. The number of aryl methyl sites for hydroxylation is 1. The van der Waals surface area contributed by atoms with Gasteiger partial charge in [0, 0.05) is 32.3 Å². The van der Waals surface area contributed by atoms with E-state index in [1.807, 2.05) is 13.8 Å². The van der Waals surface area contributed by atoms with Gasteiger partial charge in [-0.3, -0.25) is 9.48 Å². The van der Waals surface area contributed by atoms with Crippen molar-refractivity contribution in [2.75, 3.05) is 6.54 Å². The van der Waals surface area contributed by atoms with E-state index in [4.69, 9.17) is 10.9 Å². The lowest BCUT2D eigenvalue weighted by atomic mass is 10.2. The normalized spacial score (nSPS) is 11.9. The average molecular weight is 253 g/mol. The van der Waals surface area contributed by atoms with Gasteiger partial charge in [0.15, 0.2) is 0 Å². The number of carbonyl (C=O) groups is 1. The van der Waals surface area contributed by atoms with E-state index in [0.29, 0.717) is 18.7 Å². The van der Waals surface area contributed by atoms with Crippen LogP contribution in [0.2, 0.25) is 0 Å². The largest absolute Gasteiger partial charge is 0.409 e. The summed E-state index contributed by atoms with van der Waals surface area (Å²) in [5.41, 5.74) is 5.93. The number of nitrogens with zero attached hydrogens (tertiary/aromatic N) is 4. The number of amides is 1. The molecule has 0 saturated carbocycles. The van der Waals surface area contributed by atoms with Gasteiger partial charge in [-0.2, -0.15) is 5.10 Å². The number of rotatable bonds is 5. The molecule has 1 heterocycles. The van der Waals surface area contributed by atoms with Crippen molar-refractivity contribution in [1.82, 2.24) is 14.7 Å². The van der Waals surface area contributed by atoms with Crippen LogP contribution in [0.3, 0.4) is 0 Å². The summed E-state index contributed by atoms with van der Waals surface area (Å²) in [7, 11) is 1.72. The highest BCUT2D eigenvalue weighted by atomic mass is 16.4. The van der Waals surface area contributed by atoms with Crippen LogP contribution in [-0.4, -0.2) is 44.2 Å². The zero-order chi connectivity index (χ0) is 13.7. The molecule has 0 aliphatic rings. The maximum absolute atomic E-state index is 12.3. The van der Waals surface area contributed by atoms with Gasteiger partial charge in [0.05, 0.1) is 0 Å². The van der Waals surface area contributed by atoms with Crippen molar-refractivity contribution >= 4 is 11.7 Å². The van der Waals surface area contributed by atoms with Crippen LogP contribution in [-0.2, 0) is 7.05 Å². The number of hydrogen-bond donors (Lipinski definition) is 2. The SMILES string of the molecule is CC(C)N(CC/C(N)=N/O)C(=O)c1ccnn1C. The van der Waals surface area contributed by atoms with E-state index in [-0.39, 0.29) is 17.8 Å². The molecule has 7 nitrogen and oxygen atoms in total. The van der Waals surface area contributed by atoms with Gasteiger partial charge >= 0.3 is 0 Å². The maximum atomic E-state index is 12.3. The third-order valence-electron chi connectivity index (χ3n) is 2.66. The molecule has 0 spiro atoms. The Morgan fingerprint density at radius 1 is 1.67 bits per heavy atom. The Kier molecular flexibility index (Phi) is 4.70. The topological polar surface area (TPSA) is 96.7 Å². The Balaban J connectivity index is 2.80. The first-order valence-corrected chi connectivity index (χ1v) is 5.72. The minimum absolute atomic E-state index is 0.0268. The third-order valence-corrected chi connectivity index (χ3v) is 2.66. The van der Waals surface area contributed by atoms with E-state index >= 15 is 0 Å².